The van der Waals surface area contributed by atoms with Gasteiger partial charge in [0.2, 0.25) is 5.91 Å². The van der Waals surface area contributed by atoms with E-state index in [-0.39, 0.29) is 17.7 Å². The average Bonchev–Trinajstić information content (AvgIpc) is 2.52. The smallest absolute Gasteiger partial charge is 0.255 e. The van der Waals surface area contributed by atoms with E-state index in [4.69, 9.17) is 10.5 Å². The molecule has 0 aliphatic rings. The van der Waals surface area contributed by atoms with Crippen LogP contribution in [0.5, 0.6) is 5.75 Å². The number of methoxy groups -OCH3 is 1. The molecule has 6 nitrogen and oxygen atoms in total. The van der Waals surface area contributed by atoms with Crippen molar-refractivity contribution in [3.05, 3.63) is 29.8 Å². The first-order valence-electron chi connectivity index (χ1n) is 7.43. The number of nitrogens with two attached hydrogens (primary N) is 1. The fraction of sp³-hybridized carbons (Fsp3) is 0.500. The second kappa shape index (κ2) is 9.04. The van der Waals surface area contributed by atoms with Crippen molar-refractivity contribution < 1.29 is 14.3 Å². The Morgan fingerprint density at radius 1 is 1.27 bits per heavy atom. The van der Waals surface area contributed by atoms with Crippen LogP contribution in [0.3, 0.4) is 0 Å². The summed E-state index contributed by atoms with van der Waals surface area (Å²) in [6.07, 6.45) is 0.705. The number of amides is 2. The lowest BCUT2D eigenvalue weighted by molar-refractivity contribution is -0.123. The molecule has 0 aliphatic heterocycles. The van der Waals surface area contributed by atoms with Crippen LogP contribution in [0.4, 0.5) is 0 Å². The molecule has 6 heteroatoms. The Bertz CT molecular complexity index is 503. The second-order valence-electron chi connectivity index (χ2n) is 5.33. The highest BCUT2D eigenvalue weighted by molar-refractivity contribution is 5.99. The Hall–Kier alpha value is -2.08. The zero-order chi connectivity index (χ0) is 16.5. The minimum Gasteiger partial charge on any atom is -0.496 e. The highest BCUT2D eigenvalue weighted by Gasteiger charge is 2.25. The number of nitrogens with one attached hydrogen (secondary N) is 2. The van der Waals surface area contributed by atoms with Gasteiger partial charge in [-0.25, -0.2) is 0 Å². The Labute approximate surface area is 131 Å². The number of benzene rings is 1. The number of carbonyl (C=O) groups is 2. The van der Waals surface area contributed by atoms with E-state index in [9.17, 15) is 9.59 Å². The van der Waals surface area contributed by atoms with Crippen molar-refractivity contribution in [2.75, 3.05) is 20.2 Å². The Balaban J connectivity index is 2.78. The van der Waals surface area contributed by atoms with Gasteiger partial charge in [-0.05, 0) is 31.0 Å². The number of hydrogen-bond acceptors (Lipinski definition) is 4. The summed E-state index contributed by atoms with van der Waals surface area (Å²) in [7, 11) is 1.51. The first-order valence-corrected chi connectivity index (χ1v) is 7.43. The molecular weight excluding hydrogens is 282 g/mol. The molecule has 122 valence electrons. The van der Waals surface area contributed by atoms with Crippen LogP contribution in [0.1, 0.15) is 30.6 Å². The number of para-hydroxylation sites is 1. The third-order valence-corrected chi connectivity index (χ3v) is 3.27. The fourth-order valence-corrected chi connectivity index (χ4v) is 2.01. The van der Waals surface area contributed by atoms with Gasteiger partial charge < -0.3 is 21.1 Å². The van der Waals surface area contributed by atoms with Gasteiger partial charge in [-0.1, -0.05) is 26.0 Å². The molecule has 2 amide bonds. The molecule has 0 aromatic heterocycles. The van der Waals surface area contributed by atoms with Gasteiger partial charge in [0.15, 0.2) is 0 Å². The average molecular weight is 307 g/mol. The van der Waals surface area contributed by atoms with Crippen LogP contribution in [0.25, 0.3) is 0 Å². The van der Waals surface area contributed by atoms with Gasteiger partial charge in [0, 0.05) is 6.54 Å². The van der Waals surface area contributed by atoms with E-state index < -0.39 is 6.04 Å². The van der Waals surface area contributed by atoms with Crippen LogP contribution in [-0.2, 0) is 4.79 Å². The van der Waals surface area contributed by atoms with Crippen molar-refractivity contribution in [3.63, 3.8) is 0 Å². The molecule has 0 spiro atoms. The van der Waals surface area contributed by atoms with Gasteiger partial charge in [-0.2, -0.15) is 0 Å². The van der Waals surface area contributed by atoms with Crippen molar-refractivity contribution in [3.8, 4) is 5.75 Å². The molecule has 0 bridgehead atoms. The van der Waals surface area contributed by atoms with Gasteiger partial charge >= 0.3 is 0 Å². The maximum atomic E-state index is 12.4. The number of rotatable bonds is 8. The molecule has 1 unspecified atom stereocenters. The van der Waals surface area contributed by atoms with E-state index in [1.54, 1.807) is 24.3 Å². The Morgan fingerprint density at radius 3 is 2.55 bits per heavy atom. The maximum Gasteiger partial charge on any atom is 0.255 e. The summed E-state index contributed by atoms with van der Waals surface area (Å²) in [5.74, 6) is -0.0839. The number of carbonyl (C=O) groups excluding carboxylic acids is 2. The molecule has 1 aromatic carbocycles. The van der Waals surface area contributed by atoms with Crippen molar-refractivity contribution in [2.24, 2.45) is 11.7 Å². The van der Waals surface area contributed by atoms with Crippen molar-refractivity contribution in [1.29, 1.82) is 0 Å². The second-order valence-corrected chi connectivity index (χ2v) is 5.33. The predicted molar refractivity (Wildman–Crippen MR) is 85.8 cm³/mol. The van der Waals surface area contributed by atoms with E-state index in [2.05, 4.69) is 10.6 Å². The van der Waals surface area contributed by atoms with Gasteiger partial charge in [0.25, 0.3) is 5.91 Å². The van der Waals surface area contributed by atoms with Crippen LogP contribution in [0, 0.1) is 5.92 Å². The zero-order valence-corrected chi connectivity index (χ0v) is 13.4. The van der Waals surface area contributed by atoms with E-state index in [0.717, 1.165) is 0 Å². The quantitative estimate of drug-likeness (QED) is 0.622. The molecule has 0 saturated carbocycles. The van der Waals surface area contributed by atoms with Crippen molar-refractivity contribution >= 4 is 11.8 Å². The summed E-state index contributed by atoms with van der Waals surface area (Å²) in [6, 6.07) is 6.31. The highest BCUT2D eigenvalue weighted by atomic mass is 16.5. The molecule has 1 atom stereocenters. The summed E-state index contributed by atoms with van der Waals surface area (Å²) >= 11 is 0. The molecule has 22 heavy (non-hydrogen) atoms. The van der Waals surface area contributed by atoms with Crippen molar-refractivity contribution in [1.82, 2.24) is 10.6 Å². The maximum absolute atomic E-state index is 12.4. The molecule has 1 aromatic rings. The molecular formula is C16H25N3O3. The van der Waals surface area contributed by atoms with Gasteiger partial charge in [0.05, 0.1) is 12.7 Å². The lowest BCUT2D eigenvalue weighted by Gasteiger charge is -2.22. The summed E-state index contributed by atoms with van der Waals surface area (Å²) in [4.78, 5) is 24.6. The van der Waals surface area contributed by atoms with E-state index in [1.807, 2.05) is 13.8 Å². The first-order chi connectivity index (χ1) is 10.5. The lowest BCUT2D eigenvalue weighted by Crippen LogP contribution is -2.50. The molecule has 0 saturated heterocycles. The minimum absolute atomic E-state index is 0.0310. The number of ether oxygens (including phenoxy) is 1. The summed E-state index contributed by atoms with van der Waals surface area (Å²) in [6.45, 7) is 4.79. The topological polar surface area (TPSA) is 93.4 Å². The molecule has 4 N–H and O–H groups in total. The summed E-state index contributed by atoms with van der Waals surface area (Å²) in [5.41, 5.74) is 5.81. The van der Waals surface area contributed by atoms with Crippen LogP contribution in [0.2, 0.25) is 0 Å². The van der Waals surface area contributed by atoms with Crippen LogP contribution in [-0.4, -0.2) is 38.1 Å². The van der Waals surface area contributed by atoms with Crippen LogP contribution >= 0.6 is 0 Å². The van der Waals surface area contributed by atoms with Gasteiger partial charge in [0.1, 0.15) is 11.8 Å². The van der Waals surface area contributed by atoms with Crippen LogP contribution < -0.4 is 21.1 Å². The molecule has 0 heterocycles. The fourth-order valence-electron chi connectivity index (χ4n) is 2.01. The largest absolute Gasteiger partial charge is 0.496 e. The van der Waals surface area contributed by atoms with Gasteiger partial charge in [-0.3, -0.25) is 9.59 Å². The number of hydrogen-bond donors (Lipinski definition) is 3. The molecule has 0 fully saturated rings. The summed E-state index contributed by atoms with van der Waals surface area (Å²) in [5, 5.41) is 5.56. The molecule has 1 rings (SSSR count). The third-order valence-electron chi connectivity index (χ3n) is 3.27. The Morgan fingerprint density at radius 2 is 1.95 bits per heavy atom. The summed E-state index contributed by atoms with van der Waals surface area (Å²) < 4.78 is 5.17. The van der Waals surface area contributed by atoms with Crippen LogP contribution in [0.15, 0.2) is 24.3 Å². The van der Waals surface area contributed by atoms with E-state index in [0.29, 0.717) is 30.8 Å². The first kappa shape index (κ1) is 18.0. The zero-order valence-electron chi connectivity index (χ0n) is 13.4. The van der Waals surface area contributed by atoms with Gasteiger partial charge in [-0.15, -0.1) is 0 Å². The SMILES string of the molecule is COc1ccccc1C(=O)NC(C(=O)NCCCN)C(C)C. The minimum atomic E-state index is -0.602. The van der Waals surface area contributed by atoms with Crippen molar-refractivity contribution in [2.45, 2.75) is 26.3 Å². The Kier molecular flexibility index (Phi) is 7.39. The predicted octanol–water partition coefficient (Wildman–Crippen LogP) is 0.915. The molecule has 0 radical (unpaired) electrons. The molecule has 0 aliphatic carbocycles. The highest BCUT2D eigenvalue weighted by Crippen LogP contribution is 2.17. The normalized spacial score (nSPS) is 11.9. The third kappa shape index (κ3) is 5.04. The van der Waals surface area contributed by atoms with E-state index in [1.165, 1.54) is 7.11 Å². The standard InChI is InChI=1S/C16H25N3O3/c1-11(2)14(16(21)18-10-6-9-17)19-15(20)12-7-4-5-8-13(12)22-3/h4-5,7-8,11,14H,6,9-10,17H2,1-3H3,(H,18,21)(H,19,20). The van der Waals surface area contributed by atoms with E-state index >= 15 is 0 Å². The lowest BCUT2D eigenvalue weighted by atomic mass is 10.0. The monoisotopic (exact) mass is 307 g/mol.